The van der Waals surface area contributed by atoms with Crippen LogP contribution in [0.5, 0.6) is 5.75 Å². The van der Waals surface area contributed by atoms with E-state index in [2.05, 4.69) is 0 Å². The second-order valence-electron chi connectivity index (χ2n) is 6.50. The van der Waals surface area contributed by atoms with Gasteiger partial charge in [-0.2, -0.15) is 0 Å². The Hall–Kier alpha value is -3.12. The standard InChI is InChI=1S/C19H16F2O9/c20-8-2-3-9(11(21)6-8)7-1-4-12(22)10(5-7)18(28)30-19-15(25)13(23)14(24)16(29-19)17(26)27/h1-6,13-16,19,22-25H,(H,26,27). The number of aliphatic hydroxyl groups is 3. The molecule has 1 aliphatic rings. The molecule has 9 nitrogen and oxygen atoms in total. The Kier molecular flexibility index (Phi) is 5.99. The molecule has 5 atom stereocenters. The number of carbonyl (C=O) groups is 2. The van der Waals surface area contributed by atoms with Crippen molar-refractivity contribution in [2.45, 2.75) is 30.7 Å². The highest BCUT2D eigenvalue weighted by Crippen LogP contribution is 2.30. The maximum atomic E-state index is 14.0. The van der Waals surface area contributed by atoms with Gasteiger partial charge in [0, 0.05) is 11.6 Å². The van der Waals surface area contributed by atoms with Gasteiger partial charge in [-0.3, -0.25) is 0 Å². The molecular weight excluding hydrogens is 410 g/mol. The number of aromatic hydroxyl groups is 1. The monoisotopic (exact) mass is 426 g/mol. The van der Waals surface area contributed by atoms with E-state index in [0.29, 0.717) is 6.07 Å². The molecule has 3 rings (SSSR count). The largest absolute Gasteiger partial charge is 0.507 e. The van der Waals surface area contributed by atoms with Crippen LogP contribution >= 0.6 is 0 Å². The number of hydrogen-bond donors (Lipinski definition) is 5. The highest BCUT2D eigenvalue weighted by Gasteiger charge is 2.48. The normalized spacial score (nSPS) is 26.2. The number of halogens is 2. The van der Waals surface area contributed by atoms with Crippen LogP contribution in [0.1, 0.15) is 10.4 Å². The Balaban J connectivity index is 1.87. The first-order valence-electron chi connectivity index (χ1n) is 8.52. The summed E-state index contributed by atoms with van der Waals surface area (Å²) in [6.45, 7) is 0. The number of phenolic OH excluding ortho intramolecular Hbond substituents is 1. The summed E-state index contributed by atoms with van der Waals surface area (Å²) in [5.41, 5.74) is -0.496. The van der Waals surface area contributed by atoms with Crippen LogP contribution in [0.3, 0.4) is 0 Å². The van der Waals surface area contributed by atoms with E-state index in [1.165, 1.54) is 6.07 Å². The van der Waals surface area contributed by atoms with Crippen molar-refractivity contribution >= 4 is 11.9 Å². The van der Waals surface area contributed by atoms with E-state index >= 15 is 0 Å². The number of aliphatic hydroxyl groups excluding tert-OH is 3. The number of rotatable bonds is 4. The summed E-state index contributed by atoms with van der Waals surface area (Å²) in [6, 6.07) is 6.08. The summed E-state index contributed by atoms with van der Waals surface area (Å²) in [7, 11) is 0. The van der Waals surface area contributed by atoms with Gasteiger partial charge in [0.15, 0.2) is 6.10 Å². The quantitative estimate of drug-likeness (QED) is 0.437. The predicted octanol–water partition coefficient (Wildman–Crippen LogP) is 0.386. The van der Waals surface area contributed by atoms with Crippen LogP contribution in [0.15, 0.2) is 36.4 Å². The first-order valence-corrected chi connectivity index (χ1v) is 8.52. The summed E-state index contributed by atoms with van der Waals surface area (Å²) in [5.74, 6) is -5.30. The van der Waals surface area contributed by atoms with Crippen LogP contribution < -0.4 is 0 Å². The topological polar surface area (TPSA) is 154 Å². The highest BCUT2D eigenvalue weighted by atomic mass is 19.1. The van der Waals surface area contributed by atoms with Gasteiger partial charge >= 0.3 is 11.9 Å². The maximum absolute atomic E-state index is 14.0. The average Bonchev–Trinajstić information content (AvgIpc) is 2.68. The zero-order valence-electron chi connectivity index (χ0n) is 15.0. The molecule has 2 aromatic rings. The summed E-state index contributed by atoms with van der Waals surface area (Å²) in [6.07, 6.45) is -9.94. The average molecular weight is 426 g/mol. The Morgan fingerprint density at radius 2 is 1.67 bits per heavy atom. The van der Waals surface area contributed by atoms with Gasteiger partial charge in [-0.15, -0.1) is 0 Å². The van der Waals surface area contributed by atoms with Crippen molar-refractivity contribution in [3.63, 3.8) is 0 Å². The first kappa shape index (κ1) is 21.6. The number of carbonyl (C=O) groups excluding carboxylic acids is 1. The van der Waals surface area contributed by atoms with Crippen LogP contribution in [0.4, 0.5) is 8.78 Å². The van der Waals surface area contributed by atoms with Gasteiger partial charge in [-0.1, -0.05) is 6.07 Å². The minimum atomic E-state index is -1.99. The Labute approximate surface area is 167 Å². The van der Waals surface area contributed by atoms with Gasteiger partial charge in [0.1, 0.15) is 41.3 Å². The molecule has 2 aromatic carbocycles. The van der Waals surface area contributed by atoms with Crippen molar-refractivity contribution in [1.29, 1.82) is 0 Å². The second-order valence-corrected chi connectivity index (χ2v) is 6.50. The SMILES string of the molecule is O=C(OC1OC(C(=O)O)C(O)C(O)C1O)c1cc(-c2ccc(F)cc2F)ccc1O. The van der Waals surface area contributed by atoms with Crippen molar-refractivity contribution in [3.8, 4) is 16.9 Å². The van der Waals surface area contributed by atoms with Crippen molar-refractivity contribution in [2.75, 3.05) is 0 Å². The van der Waals surface area contributed by atoms with Crippen LogP contribution in [0, 0.1) is 11.6 Å². The van der Waals surface area contributed by atoms with Crippen molar-refractivity contribution in [3.05, 3.63) is 53.6 Å². The second kappa shape index (κ2) is 8.32. The number of phenols is 1. The summed E-state index contributed by atoms with van der Waals surface area (Å²) in [5, 5.41) is 48.3. The third-order valence-electron chi connectivity index (χ3n) is 4.49. The number of ether oxygens (including phenoxy) is 2. The molecule has 0 bridgehead atoms. The zero-order chi connectivity index (χ0) is 22.2. The first-order chi connectivity index (χ1) is 14.1. The van der Waals surface area contributed by atoms with E-state index in [4.69, 9.17) is 14.6 Å². The molecule has 1 aliphatic heterocycles. The molecule has 0 radical (unpaired) electrons. The molecule has 5 N–H and O–H groups in total. The Bertz CT molecular complexity index is 980. The van der Waals surface area contributed by atoms with Gasteiger partial charge < -0.3 is 35.0 Å². The van der Waals surface area contributed by atoms with Crippen molar-refractivity contribution in [1.82, 2.24) is 0 Å². The summed E-state index contributed by atoms with van der Waals surface area (Å²) >= 11 is 0. The molecule has 0 amide bonds. The van der Waals surface area contributed by atoms with Gasteiger partial charge in [0.05, 0.1) is 0 Å². The number of hydrogen-bond acceptors (Lipinski definition) is 8. The minimum absolute atomic E-state index is 0.0797. The fourth-order valence-electron chi connectivity index (χ4n) is 2.91. The molecule has 0 aliphatic carbocycles. The predicted molar refractivity (Wildman–Crippen MR) is 93.2 cm³/mol. The molecule has 1 fully saturated rings. The summed E-state index contributed by atoms with van der Waals surface area (Å²) < 4.78 is 36.8. The molecule has 0 saturated carbocycles. The molecule has 1 heterocycles. The van der Waals surface area contributed by atoms with Crippen LogP contribution in [0.25, 0.3) is 11.1 Å². The molecular formula is C19H16F2O9. The van der Waals surface area contributed by atoms with E-state index in [9.17, 15) is 38.8 Å². The molecule has 0 spiro atoms. The molecule has 30 heavy (non-hydrogen) atoms. The molecule has 160 valence electrons. The Morgan fingerprint density at radius 1 is 0.967 bits per heavy atom. The molecule has 5 unspecified atom stereocenters. The fraction of sp³-hybridized carbons (Fsp3) is 0.263. The van der Waals surface area contributed by atoms with Gasteiger partial charge in [0.2, 0.25) is 6.29 Å². The van der Waals surface area contributed by atoms with E-state index in [1.807, 2.05) is 0 Å². The van der Waals surface area contributed by atoms with E-state index < -0.39 is 65.6 Å². The van der Waals surface area contributed by atoms with E-state index in [1.54, 1.807) is 0 Å². The maximum Gasteiger partial charge on any atom is 0.344 e. The minimum Gasteiger partial charge on any atom is -0.507 e. The zero-order valence-corrected chi connectivity index (χ0v) is 15.0. The van der Waals surface area contributed by atoms with Gasteiger partial charge in [-0.05, 0) is 29.8 Å². The molecule has 1 saturated heterocycles. The lowest BCUT2D eigenvalue weighted by Gasteiger charge is -2.37. The molecule has 11 heteroatoms. The van der Waals surface area contributed by atoms with Gasteiger partial charge in [-0.25, -0.2) is 18.4 Å². The molecule has 0 aromatic heterocycles. The van der Waals surface area contributed by atoms with Crippen LogP contribution in [-0.2, 0) is 14.3 Å². The van der Waals surface area contributed by atoms with Crippen LogP contribution in [0.2, 0.25) is 0 Å². The van der Waals surface area contributed by atoms with Crippen LogP contribution in [-0.4, -0.2) is 68.2 Å². The number of benzene rings is 2. The lowest BCUT2D eigenvalue weighted by Crippen LogP contribution is -2.60. The number of carboxylic acid groups (broad SMARTS) is 1. The van der Waals surface area contributed by atoms with Crippen molar-refractivity contribution < 1.29 is 53.4 Å². The van der Waals surface area contributed by atoms with E-state index in [0.717, 1.165) is 24.3 Å². The van der Waals surface area contributed by atoms with Crippen molar-refractivity contribution in [2.24, 2.45) is 0 Å². The van der Waals surface area contributed by atoms with Gasteiger partial charge in [0.25, 0.3) is 0 Å². The number of esters is 1. The fourth-order valence-corrected chi connectivity index (χ4v) is 2.91. The smallest absolute Gasteiger partial charge is 0.344 e. The van der Waals surface area contributed by atoms with E-state index in [-0.39, 0.29) is 11.1 Å². The number of aliphatic carboxylic acids is 1. The third kappa shape index (κ3) is 4.09. The highest BCUT2D eigenvalue weighted by molar-refractivity contribution is 5.94. The Morgan fingerprint density at radius 3 is 2.30 bits per heavy atom. The third-order valence-corrected chi connectivity index (χ3v) is 4.49. The lowest BCUT2D eigenvalue weighted by atomic mass is 9.99. The number of carboxylic acids is 1. The summed E-state index contributed by atoms with van der Waals surface area (Å²) in [4.78, 5) is 23.6. The lowest BCUT2D eigenvalue weighted by molar-refractivity contribution is -0.278.